The topological polar surface area (TPSA) is 93.4 Å². The number of hydrogen-bond donors (Lipinski definition) is 2. The maximum Gasteiger partial charge on any atom is 0.317 e. The molecule has 1 saturated heterocycles. The van der Waals surface area contributed by atoms with E-state index >= 15 is 0 Å². The van der Waals surface area contributed by atoms with Crippen LogP contribution < -0.4 is 5.32 Å². The monoisotopic (exact) mass is 331 g/mol. The van der Waals surface area contributed by atoms with Crippen LogP contribution in [0, 0.1) is 28.5 Å². The van der Waals surface area contributed by atoms with E-state index in [2.05, 4.69) is 5.32 Å². The van der Waals surface area contributed by atoms with Gasteiger partial charge in [0.2, 0.25) is 0 Å². The maximum absolute atomic E-state index is 13.6. The number of carboxylic acids is 1. The summed E-state index contributed by atoms with van der Waals surface area (Å²) in [5, 5.41) is 20.9. The second-order valence-corrected chi connectivity index (χ2v) is 6.52. The second kappa shape index (κ2) is 6.11. The lowest BCUT2D eigenvalue weighted by molar-refractivity contribution is -0.149. The van der Waals surface area contributed by atoms with Crippen LogP contribution in [0.2, 0.25) is 0 Å². The van der Waals surface area contributed by atoms with E-state index in [1.807, 2.05) is 0 Å². The zero-order valence-electron chi connectivity index (χ0n) is 13.1. The number of amides is 2. The summed E-state index contributed by atoms with van der Waals surface area (Å²) in [5.74, 6) is -1.44. The first-order valence-corrected chi connectivity index (χ1v) is 7.91. The summed E-state index contributed by atoms with van der Waals surface area (Å²) in [6.07, 6.45) is 2.32. The zero-order valence-corrected chi connectivity index (χ0v) is 13.1. The molecule has 2 N–H and O–H groups in total. The third-order valence-electron chi connectivity index (χ3n) is 5.18. The van der Waals surface area contributed by atoms with Crippen molar-refractivity contribution in [2.75, 3.05) is 13.1 Å². The molecule has 1 aromatic rings. The number of aliphatic carboxylic acids is 1. The summed E-state index contributed by atoms with van der Waals surface area (Å²) in [5.41, 5.74) is -0.300. The predicted molar refractivity (Wildman–Crippen MR) is 82.3 cm³/mol. The number of nitriles is 1. The Hall–Kier alpha value is -2.62. The van der Waals surface area contributed by atoms with Gasteiger partial charge in [-0.05, 0) is 36.5 Å². The van der Waals surface area contributed by atoms with E-state index in [-0.39, 0.29) is 30.6 Å². The first-order chi connectivity index (χ1) is 11.5. The van der Waals surface area contributed by atoms with Gasteiger partial charge in [-0.2, -0.15) is 5.26 Å². The van der Waals surface area contributed by atoms with Crippen LogP contribution in [0.3, 0.4) is 0 Å². The van der Waals surface area contributed by atoms with Crippen molar-refractivity contribution in [3.05, 3.63) is 35.1 Å². The van der Waals surface area contributed by atoms with Crippen LogP contribution in [0.4, 0.5) is 9.18 Å². The van der Waals surface area contributed by atoms with Crippen molar-refractivity contribution in [3.8, 4) is 6.07 Å². The smallest absolute Gasteiger partial charge is 0.317 e. The fraction of sp³-hybridized carbons (Fsp3) is 0.471. The normalized spacial score (nSPS) is 25.2. The molecule has 1 heterocycles. The van der Waals surface area contributed by atoms with E-state index in [4.69, 9.17) is 5.26 Å². The second-order valence-electron chi connectivity index (χ2n) is 6.52. The minimum absolute atomic E-state index is 0.00751. The third kappa shape index (κ3) is 2.68. The number of fused-ring (bicyclic) bond motifs is 1. The molecule has 2 atom stereocenters. The van der Waals surface area contributed by atoms with Crippen molar-refractivity contribution in [2.45, 2.75) is 25.8 Å². The fourth-order valence-electron chi connectivity index (χ4n) is 3.84. The molecule has 0 bridgehead atoms. The average Bonchev–Trinajstić information content (AvgIpc) is 3.11. The Bertz CT molecular complexity index is 730. The molecule has 7 heteroatoms. The number of urea groups is 1. The molecule has 2 amide bonds. The molecule has 1 aromatic carbocycles. The van der Waals surface area contributed by atoms with Gasteiger partial charge in [0.25, 0.3) is 0 Å². The van der Waals surface area contributed by atoms with Gasteiger partial charge < -0.3 is 15.3 Å². The summed E-state index contributed by atoms with van der Waals surface area (Å²) < 4.78 is 13.6. The molecule has 1 aliphatic heterocycles. The van der Waals surface area contributed by atoms with E-state index in [9.17, 15) is 19.1 Å². The van der Waals surface area contributed by atoms with Crippen LogP contribution in [0.25, 0.3) is 0 Å². The third-order valence-corrected chi connectivity index (χ3v) is 5.18. The summed E-state index contributed by atoms with van der Waals surface area (Å²) in [6, 6.07) is 5.58. The maximum atomic E-state index is 13.6. The number of hydrogen-bond acceptors (Lipinski definition) is 3. The van der Waals surface area contributed by atoms with Crippen molar-refractivity contribution in [2.24, 2.45) is 11.3 Å². The van der Waals surface area contributed by atoms with E-state index < -0.39 is 17.2 Å². The van der Waals surface area contributed by atoms with E-state index in [1.54, 1.807) is 12.1 Å². The Morgan fingerprint density at radius 2 is 2.29 bits per heavy atom. The van der Waals surface area contributed by atoms with Gasteiger partial charge in [-0.1, -0.05) is 12.5 Å². The average molecular weight is 331 g/mol. The number of carbonyl (C=O) groups excluding carboxylic acids is 1. The molecule has 2 aliphatic rings. The van der Waals surface area contributed by atoms with Gasteiger partial charge in [-0.25, -0.2) is 9.18 Å². The standard InChI is InChI=1S/C17H18FN3O3/c18-14-6-11(3-4-12(14)7-19)8-20-16(24)21-9-13-2-1-5-17(13,10-21)15(22)23/h3-4,6,13H,1-2,5,8-10H2,(H,20,24)(H,22,23)/t13-,17+/m0/s1. The number of nitrogens with zero attached hydrogens (tertiary/aromatic N) is 2. The molecule has 2 fully saturated rings. The molecule has 0 aromatic heterocycles. The van der Waals surface area contributed by atoms with Gasteiger partial charge in [0, 0.05) is 19.6 Å². The molecule has 0 radical (unpaired) electrons. The van der Waals surface area contributed by atoms with E-state index in [0.717, 1.165) is 12.8 Å². The molecule has 1 aliphatic carbocycles. The minimum atomic E-state index is -0.825. The minimum Gasteiger partial charge on any atom is -0.481 e. The number of halogens is 1. The number of rotatable bonds is 3. The molecule has 24 heavy (non-hydrogen) atoms. The Labute approximate surface area is 138 Å². The van der Waals surface area contributed by atoms with Gasteiger partial charge in [-0.3, -0.25) is 4.79 Å². The van der Waals surface area contributed by atoms with Crippen molar-refractivity contribution in [3.63, 3.8) is 0 Å². The molecular formula is C17H18FN3O3. The SMILES string of the molecule is N#Cc1ccc(CNC(=O)N2C[C@@H]3CCC[C@@]3(C(=O)O)C2)cc1F. The quantitative estimate of drug-likeness (QED) is 0.887. The molecule has 6 nitrogen and oxygen atoms in total. The largest absolute Gasteiger partial charge is 0.481 e. The van der Waals surface area contributed by atoms with Crippen molar-refractivity contribution < 1.29 is 19.1 Å². The van der Waals surface area contributed by atoms with Crippen LogP contribution in [0.1, 0.15) is 30.4 Å². The van der Waals surface area contributed by atoms with Crippen LogP contribution in [-0.2, 0) is 11.3 Å². The van der Waals surface area contributed by atoms with Gasteiger partial charge in [0.05, 0.1) is 11.0 Å². The molecule has 0 spiro atoms. The van der Waals surface area contributed by atoms with Gasteiger partial charge >= 0.3 is 12.0 Å². The lowest BCUT2D eigenvalue weighted by atomic mass is 9.81. The molecule has 3 rings (SSSR count). The summed E-state index contributed by atoms with van der Waals surface area (Å²) in [6.45, 7) is 0.795. The van der Waals surface area contributed by atoms with Gasteiger partial charge in [-0.15, -0.1) is 0 Å². The van der Waals surface area contributed by atoms with Crippen LogP contribution in [0.5, 0.6) is 0 Å². The van der Waals surface area contributed by atoms with Crippen molar-refractivity contribution in [1.29, 1.82) is 5.26 Å². The van der Waals surface area contributed by atoms with Crippen LogP contribution in [-0.4, -0.2) is 35.1 Å². The summed E-state index contributed by atoms with van der Waals surface area (Å²) >= 11 is 0. The number of carboxylic acid groups (broad SMARTS) is 1. The van der Waals surface area contributed by atoms with E-state index in [1.165, 1.54) is 17.0 Å². The van der Waals surface area contributed by atoms with Crippen molar-refractivity contribution >= 4 is 12.0 Å². The van der Waals surface area contributed by atoms with Gasteiger partial charge in [0.15, 0.2) is 0 Å². The Balaban J connectivity index is 1.62. The predicted octanol–water partition coefficient (Wildman–Crippen LogP) is 2.09. The number of benzene rings is 1. The number of likely N-dealkylation sites (tertiary alicyclic amines) is 1. The zero-order chi connectivity index (χ0) is 17.3. The highest BCUT2D eigenvalue weighted by molar-refractivity contribution is 5.80. The fourth-order valence-corrected chi connectivity index (χ4v) is 3.84. The molecule has 0 unspecified atom stereocenters. The van der Waals surface area contributed by atoms with Crippen LogP contribution in [0.15, 0.2) is 18.2 Å². The highest BCUT2D eigenvalue weighted by atomic mass is 19.1. The lowest BCUT2D eigenvalue weighted by Crippen LogP contribution is -2.41. The first-order valence-electron chi connectivity index (χ1n) is 7.91. The molecule has 126 valence electrons. The summed E-state index contributed by atoms with van der Waals surface area (Å²) in [4.78, 5) is 25.5. The molecule has 1 saturated carbocycles. The van der Waals surface area contributed by atoms with Gasteiger partial charge in [0.1, 0.15) is 11.9 Å². The highest BCUT2D eigenvalue weighted by Gasteiger charge is 2.55. The summed E-state index contributed by atoms with van der Waals surface area (Å²) in [7, 11) is 0. The van der Waals surface area contributed by atoms with Crippen molar-refractivity contribution in [1.82, 2.24) is 10.2 Å². The molecular weight excluding hydrogens is 313 g/mol. The Morgan fingerprint density at radius 3 is 2.92 bits per heavy atom. The highest BCUT2D eigenvalue weighted by Crippen LogP contribution is 2.48. The number of carbonyl (C=O) groups is 2. The van der Waals surface area contributed by atoms with E-state index in [0.29, 0.717) is 18.5 Å². The first kappa shape index (κ1) is 16.2. The lowest BCUT2D eigenvalue weighted by Gasteiger charge is -2.23. The number of nitrogens with one attached hydrogen (secondary N) is 1. The Morgan fingerprint density at radius 1 is 1.50 bits per heavy atom. The van der Waals surface area contributed by atoms with Crippen LogP contribution >= 0.6 is 0 Å². The Kier molecular flexibility index (Phi) is 4.14.